The average molecular weight is 965 g/mol. The Hall–Kier alpha value is -4.60. The molecule has 0 unspecified atom stereocenters. The van der Waals surface area contributed by atoms with E-state index in [-0.39, 0.29) is 0 Å². The van der Waals surface area contributed by atoms with Gasteiger partial charge >= 0.3 is 27.0 Å². The molecular weight excluding hydrogens is 918 g/mol. The van der Waals surface area contributed by atoms with Crippen LogP contribution in [0.2, 0.25) is 6.55 Å². The largest absolute Gasteiger partial charge is 0.0622 e. The van der Waals surface area contributed by atoms with E-state index in [1.807, 2.05) is 17.3 Å². The van der Waals surface area contributed by atoms with Crippen LogP contribution in [0.3, 0.4) is 0 Å². The maximum atomic E-state index is 4.57. The van der Waals surface area contributed by atoms with Gasteiger partial charge in [-0.2, -0.15) is 16.9 Å². The van der Waals surface area contributed by atoms with Gasteiger partial charge in [0.25, 0.3) is 0 Å². The van der Waals surface area contributed by atoms with Crippen LogP contribution in [0.25, 0.3) is 0 Å². The van der Waals surface area contributed by atoms with Crippen molar-refractivity contribution in [1.29, 1.82) is 0 Å². The van der Waals surface area contributed by atoms with Crippen molar-refractivity contribution >= 4 is 100 Å². The molecule has 0 atom stereocenters. The van der Waals surface area contributed by atoms with E-state index in [1.54, 1.807) is 0 Å². The summed E-state index contributed by atoms with van der Waals surface area (Å²) in [6.45, 7) is 2.50. The summed E-state index contributed by atoms with van der Waals surface area (Å²) in [7, 11) is 1.69. The number of hydrogen-bond acceptors (Lipinski definition) is 0. The number of halogens is 1. The molecule has 0 amide bonds. The zero-order valence-electron chi connectivity index (χ0n) is 33.9. The van der Waals surface area contributed by atoms with Gasteiger partial charge in [0.2, 0.25) is 0 Å². The smallest absolute Gasteiger partial charge is 0.0134 e. The van der Waals surface area contributed by atoms with Crippen molar-refractivity contribution in [2.75, 3.05) is 0 Å². The van der Waals surface area contributed by atoms with Gasteiger partial charge in [-0.05, 0) is 71.5 Å². The first-order chi connectivity index (χ1) is 30.3. The molecule has 0 aromatic heterocycles. The Kier molecular flexibility index (Phi) is 17.2. The predicted molar refractivity (Wildman–Crippen MR) is 272 cm³/mol. The summed E-state index contributed by atoms with van der Waals surface area (Å²) >= 11 is 1.82. The summed E-state index contributed by atoms with van der Waals surface area (Å²) in [4.78, 5) is 0. The van der Waals surface area contributed by atoms with Gasteiger partial charge in [-0.25, -0.2) is 0 Å². The second kappa shape index (κ2) is 23.6. The second-order valence-electron chi connectivity index (χ2n) is 14.0. The van der Waals surface area contributed by atoms with Gasteiger partial charge in [0, 0.05) is 0 Å². The van der Waals surface area contributed by atoms with Crippen LogP contribution in [-0.2, 0) is 17.3 Å². The first-order valence-electron chi connectivity index (χ1n) is 20.2. The van der Waals surface area contributed by atoms with Crippen molar-refractivity contribution in [1.82, 2.24) is 0 Å². The zero-order valence-corrected chi connectivity index (χ0v) is 40.1. The number of rotatable bonds is 11. The number of hydrogen-bond donors (Lipinski definition) is 0. The van der Waals surface area contributed by atoms with Gasteiger partial charge in [0.05, 0.1) is 0 Å². The van der Waals surface area contributed by atoms with Crippen LogP contribution in [0.5, 0.6) is 0 Å². The summed E-state index contributed by atoms with van der Waals surface area (Å²) in [6.07, 6.45) is 0. The topological polar surface area (TPSA) is 0 Å². The first-order valence-corrected chi connectivity index (χ1v) is 28.4. The fourth-order valence-corrected chi connectivity index (χ4v) is 18.0. The van der Waals surface area contributed by atoms with Crippen LogP contribution in [0.4, 0.5) is 0 Å². The summed E-state index contributed by atoms with van der Waals surface area (Å²) in [5, 5.41) is 15.8. The molecule has 0 aliphatic heterocycles. The van der Waals surface area contributed by atoms with Crippen LogP contribution in [-0.4, -0.2) is 8.80 Å². The van der Waals surface area contributed by atoms with Gasteiger partial charge < -0.3 is 0 Å². The van der Waals surface area contributed by atoms with Crippen molar-refractivity contribution in [2.45, 2.75) is 6.55 Å². The molecule has 9 aromatic carbocycles. The Morgan fingerprint density at radius 1 is 0.262 bits per heavy atom. The molecule has 6 heteroatoms. The van der Waals surface area contributed by atoms with E-state index < -0.39 is 32.6 Å². The quantitative estimate of drug-likeness (QED) is 0.0896. The maximum absolute atomic E-state index is 4.57. The van der Waals surface area contributed by atoms with Crippen molar-refractivity contribution in [2.24, 2.45) is 0 Å². The van der Waals surface area contributed by atoms with Gasteiger partial charge in [0.15, 0.2) is 0 Å². The fourth-order valence-electron chi connectivity index (χ4n) is 7.46. The van der Waals surface area contributed by atoms with E-state index in [0.29, 0.717) is 0 Å². The molecule has 0 bridgehead atoms. The molecule has 0 fully saturated rings. The van der Waals surface area contributed by atoms with Crippen molar-refractivity contribution in [3.8, 4) is 0 Å². The second-order valence-corrected chi connectivity index (χ2v) is 22.9. The summed E-state index contributed by atoms with van der Waals surface area (Å²) < 4.78 is 0. The van der Waals surface area contributed by atoms with Crippen LogP contribution in [0.1, 0.15) is 0 Å². The van der Waals surface area contributed by atoms with Gasteiger partial charge in [-0.1, -0.05) is 261 Å². The third-order valence-corrected chi connectivity index (χ3v) is 20.6. The molecular formula is C55H46ClP3RuSi. The van der Waals surface area contributed by atoms with Gasteiger partial charge in [-0.15, -0.1) is 0 Å². The third-order valence-electron chi connectivity index (χ3n) is 10.2. The average Bonchev–Trinajstić information content (AvgIpc) is 3.35. The minimum Gasteiger partial charge on any atom is -0.0622 e. The Morgan fingerprint density at radius 2 is 0.443 bits per heavy atom. The van der Waals surface area contributed by atoms with Crippen LogP contribution in [0, 0.1) is 0 Å². The van der Waals surface area contributed by atoms with E-state index in [1.165, 1.54) is 58.1 Å². The predicted octanol–water partition coefficient (Wildman–Crippen LogP) is 9.57. The Labute approximate surface area is 382 Å². The molecule has 0 heterocycles. The van der Waals surface area contributed by atoms with E-state index in [4.69, 9.17) is 0 Å². The Morgan fingerprint density at radius 3 is 0.672 bits per heavy atom. The molecule has 9 rings (SSSR count). The van der Waals surface area contributed by atoms with Crippen LogP contribution in [0.15, 0.2) is 261 Å². The zero-order chi connectivity index (χ0) is 42.1. The summed E-state index contributed by atoms with van der Waals surface area (Å²) in [5.41, 5.74) is 0. The molecule has 0 aliphatic rings. The monoisotopic (exact) mass is 964 g/mol. The van der Waals surface area contributed by atoms with Crippen molar-refractivity contribution in [3.05, 3.63) is 261 Å². The van der Waals surface area contributed by atoms with E-state index >= 15 is 0 Å². The van der Waals surface area contributed by atoms with E-state index in [9.17, 15) is 0 Å². The normalized spacial score (nSPS) is 10.7. The maximum Gasteiger partial charge on any atom is -0.0134 e. The van der Waals surface area contributed by atoms with Crippen LogP contribution < -0.4 is 58.1 Å². The SMILES string of the molecule is C[Si-](c1ccccc1P(c1ccccc1)c1ccccc1)c1ccccc1P(c1ccccc1)c1ccccc1.[Cl][Ru+].c1ccc(P(c2ccccc2)c2ccccc2)cc1. The molecule has 0 N–H and O–H groups in total. The Bertz CT molecular complexity index is 2330. The number of benzene rings is 9. The molecule has 0 spiro atoms. The minimum atomic E-state index is -1.09. The standard InChI is InChI=1S/C37H31P2Si.C18H15P.ClH.Ru/c1-40(36-28-16-14-26-34(36)38(30-18-6-2-7-19-30)31-20-8-3-9-21-31)37-29-17-15-27-35(37)39(32-22-10-4-11-23-32)33-24-12-5-13-25-33;1-4-10-16(11-5-1)19(17-12-6-2-7-13-17)18-14-8-3-9-15-18;;/h2-29H,1H3;1-15H;1H;/q-1;;;+2/p-1. The van der Waals surface area contributed by atoms with Crippen molar-refractivity contribution in [3.63, 3.8) is 0 Å². The molecule has 0 saturated carbocycles. The first kappa shape index (κ1) is 44.5. The van der Waals surface area contributed by atoms with Gasteiger partial charge in [-0.3, -0.25) is 8.80 Å². The molecule has 0 radical (unpaired) electrons. The van der Waals surface area contributed by atoms with Crippen molar-refractivity contribution < 1.29 is 17.3 Å². The minimum absolute atomic E-state index is 0.446. The molecule has 61 heavy (non-hydrogen) atoms. The van der Waals surface area contributed by atoms with E-state index in [2.05, 4.69) is 277 Å². The van der Waals surface area contributed by atoms with Gasteiger partial charge in [0.1, 0.15) is 0 Å². The Balaban J connectivity index is 0.000000223. The molecule has 0 saturated heterocycles. The fraction of sp³-hybridized carbons (Fsp3) is 0.0182. The molecule has 0 nitrogen and oxygen atoms in total. The molecule has 0 aliphatic carbocycles. The van der Waals surface area contributed by atoms with Crippen LogP contribution >= 0.6 is 33.5 Å². The molecule has 300 valence electrons. The molecule has 9 aromatic rings. The van der Waals surface area contributed by atoms with E-state index in [0.717, 1.165) is 0 Å². The summed E-state index contributed by atoms with van der Waals surface area (Å²) in [6, 6.07) is 95.1. The third kappa shape index (κ3) is 11.5. The summed E-state index contributed by atoms with van der Waals surface area (Å²) in [5.74, 6) is 0.